The van der Waals surface area contributed by atoms with E-state index in [1.54, 1.807) is 54.6 Å². The lowest BCUT2D eigenvalue weighted by Crippen LogP contribution is -2.21. The maximum Gasteiger partial charge on any atom is 0.271 e. The molecule has 7 nitrogen and oxygen atoms in total. The monoisotopic (exact) mass is 400 g/mol. The molecule has 3 N–H and O–H groups in total. The van der Waals surface area contributed by atoms with Crippen molar-refractivity contribution in [1.29, 1.82) is 0 Å². The molecule has 0 radical (unpaired) electrons. The second-order valence-electron chi connectivity index (χ2n) is 5.38. The van der Waals surface area contributed by atoms with Crippen molar-refractivity contribution in [2.24, 2.45) is 5.10 Å². The number of aromatic amines is 1. The zero-order valence-corrected chi connectivity index (χ0v) is 15.3. The van der Waals surface area contributed by atoms with Gasteiger partial charge in [0, 0.05) is 10.6 Å². The Morgan fingerprint density at radius 1 is 1.22 bits per heavy atom. The number of amides is 1. The van der Waals surface area contributed by atoms with E-state index < -0.39 is 17.3 Å². The molecular weight excluding hydrogens is 388 g/mol. The fraction of sp³-hybridized carbons (Fsp3) is 0. The van der Waals surface area contributed by atoms with Gasteiger partial charge in [0.25, 0.3) is 11.5 Å². The highest BCUT2D eigenvalue weighted by atomic mass is 35.5. The molecule has 136 valence electrons. The molecule has 27 heavy (non-hydrogen) atoms. The number of aromatic nitrogens is 2. The minimum Gasteiger partial charge on any atom is -0.494 e. The summed E-state index contributed by atoms with van der Waals surface area (Å²) < 4.78 is 1.23. The number of H-pyrrole nitrogens is 1. The summed E-state index contributed by atoms with van der Waals surface area (Å²) in [6.45, 7) is 0. The van der Waals surface area contributed by atoms with Crippen LogP contribution in [0, 0.1) is 4.77 Å². The Morgan fingerprint density at radius 3 is 2.67 bits per heavy atom. The van der Waals surface area contributed by atoms with Gasteiger partial charge in [0.1, 0.15) is 5.56 Å². The van der Waals surface area contributed by atoms with Gasteiger partial charge in [0.05, 0.1) is 11.9 Å². The maximum absolute atomic E-state index is 12.1. The molecule has 0 saturated heterocycles. The molecule has 1 aromatic heterocycles. The van der Waals surface area contributed by atoms with Crippen LogP contribution in [0.25, 0.3) is 5.69 Å². The molecule has 3 aromatic rings. The molecule has 1 heterocycles. The summed E-state index contributed by atoms with van der Waals surface area (Å²) in [6, 6.07) is 15.0. The van der Waals surface area contributed by atoms with E-state index in [-0.39, 0.29) is 10.3 Å². The lowest BCUT2D eigenvalue weighted by atomic mass is 10.2. The van der Waals surface area contributed by atoms with Crippen LogP contribution in [0.5, 0.6) is 5.88 Å². The number of nitrogens with one attached hydrogen (secondary N) is 2. The van der Waals surface area contributed by atoms with Gasteiger partial charge in [-0.2, -0.15) is 5.10 Å². The van der Waals surface area contributed by atoms with Gasteiger partial charge in [0.15, 0.2) is 4.77 Å². The van der Waals surface area contributed by atoms with E-state index in [1.807, 2.05) is 0 Å². The first-order valence-corrected chi connectivity index (χ1v) is 8.48. The largest absolute Gasteiger partial charge is 0.494 e. The van der Waals surface area contributed by atoms with E-state index >= 15 is 0 Å². The first-order chi connectivity index (χ1) is 13.0. The van der Waals surface area contributed by atoms with Gasteiger partial charge in [0.2, 0.25) is 5.88 Å². The van der Waals surface area contributed by atoms with Crippen molar-refractivity contribution < 1.29 is 9.90 Å². The van der Waals surface area contributed by atoms with Crippen LogP contribution in [0.3, 0.4) is 0 Å². The molecule has 0 atom stereocenters. The maximum atomic E-state index is 12.1. The van der Waals surface area contributed by atoms with E-state index in [0.29, 0.717) is 16.3 Å². The highest BCUT2D eigenvalue weighted by molar-refractivity contribution is 7.71. The lowest BCUT2D eigenvalue weighted by Gasteiger charge is -2.11. The van der Waals surface area contributed by atoms with Crippen molar-refractivity contribution in [3.8, 4) is 11.6 Å². The number of hydrogen-bond acceptors (Lipinski definition) is 5. The molecule has 0 saturated carbocycles. The Bertz CT molecular complexity index is 1140. The standard InChI is InChI=1S/C18H13ClN4O3S/c19-12-7-4-8-13(9-12)23-17(26)14(16(25)21-18(23)27)10-20-22-15(24)11-5-2-1-3-6-11/h1-10,26H,(H,22,24)(H,21,25,27)/b20-10-. The summed E-state index contributed by atoms with van der Waals surface area (Å²) in [7, 11) is 0. The Hall–Kier alpha value is -3.23. The average molecular weight is 401 g/mol. The average Bonchev–Trinajstić information content (AvgIpc) is 2.65. The number of rotatable bonds is 4. The first-order valence-electron chi connectivity index (χ1n) is 7.70. The number of aromatic hydroxyl groups is 1. The van der Waals surface area contributed by atoms with Crippen molar-refractivity contribution >= 4 is 35.9 Å². The number of hydrazone groups is 1. The fourth-order valence-corrected chi connectivity index (χ4v) is 2.79. The van der Waals surface area contributed by atoms with E-state index in [9.17, 15) is 14.7 Å². The van der Waals surface area contributed by atoms with E-state index in [1.165, 1.54) is 4.57 Å². The minimum absolute atomic E-state index is 0.00904. The molecule has 2 aromatic carbocycles. The zero-order chi connectivity index (χ0) is 19.4. The highest BCUT2D eigenvalue weighted by Crippen LogP contribution is 2.21. The molecule has 0 aliphatic carbocycles. The molecule has 0 spiro atoms. The van der Waals surface area contributed by atoms with Gasteiger partial charge in [-0.3, -0.25) is 19.1 Å². The molecule has 3 rings (SSSR count). The zero-order valence-electron chi connectivity index (χ0n) is 13.7. The molecular formula is C18H13ClN4O3S. The smallest absolute Gasteiger partial charge is 0.271 e. The van der Waals surface area contributed by atoms with Gasteiger partial charge < -0.3 is 5.11 Å². The Labute approximate surface area is 163 Å². The topological polar surface area (TPSA) is 99.5 Å². The predicted octanol–water partition coefficient (Wildman–Crippen LogP) is 3.02. The van der Waals surface area contributed by atoms with Gasteiger partial charge in [-0.1, -0.05) is 35.9 Å². The van der Waals surface area contributed by atoms with Gasteiger partial charge >= 0.3 is 0 Å². The number of benzene rings is 2. The summed E-state index contributed by atoms with van der Waals surface area (Å²) in [5.41, 5.74) is 2.35. The fourth-order valence-electron chi connectivity index (χ4n) is 2.32. The predicted molar refractivity (Wildman–Crippen MR) is 105 cm³/mol. The van der Waals surface area contributed by atoms with Crippen molar-refractivity contribution in [1.82, 2.24) is 15.0 Å². The van der Waals surface area contributed by atoms with Crippen molar-refractivity contribution in [3.63, 3.8) is 0 Å². The van der Waals surface area contributed by atoms with Gasteiger partial charge in [-0.25, -0.2) is 5.43 Å². The van der Waals surface area contributed by atoms with Crippen LogP contribution in [-0.2, 0) is 0 Å². The second kappa shape index (κ2) is 7.98. The van der Waals surface area contributed by atoms with Gasteiger partial charge in [-0.05, 0) is 42.5 Å². The van der Waals surface area contributed by atoms with Gasteiger partial charge in [-0.15, -0.1) is 0 Å². The second-order valence-corrected chi connectivity index (χ2v) is 6.20. The van der Waals surface area contributed by atoms with Crippen molar-refractivity contribution in [2.45, 2.75) is 0 Å². The number of hydrogen-bond donors (Lipinski definition) is 3. The van der Waals surface area contributed by atoms with Crippen LogP contribution in [0.2, 0.25) is 5.02 Å². The third kappa shape index (κ3) is 4.13. The minimum atomic E-state index is -0.645. The first kappa shape index (κ1) is 18.6. The summed E-state index contributed by atoms with van der Waals surface area (Å²) in [5.74, 6) is -0.880. The van der Waals surface area contributed by atoms with Crippen LogP contribution >= 0.6 is 23.8 Å². The molecule has 0 aliphatic rings. The van der Waals surface area contributed by atoms with Crippen LogP contribution in [-0.4, -0.2) is 26.8 Å². The number of carbonyl (C=O) groups excluding carboxylic acids is 1. The van der Waals surface area contributed by atoms with Crippen molar-refractivity contribution in [3.05, 3.63) is 85.9 Å². The summed E-state index contributed by atoms with van der Waals surface area (Å²) in [5, 5.41) is 14.7. The summed E-state index contributed by atoms with van der Waals surface area (Å²) >= 11 is 11.1. The molecule has 0 aliphatic heterocycles. The quantitative estimate of drug-likeness (QED) is 0.356. The lowest BCUT2D eigenvalue weighted by molar-refractivity contribution is 0.0955. The Kier molecular flexibility index (Phi) is 5.49. The summed E-state index contributed by atoms with van der Waals surface area (Å²) in [4.78, 5) is 26.6. The number of nitrogens with zero attached hydrogens (tertiary/aromatic N) is 2. The number of halogens is 1. The van der Waals surface area contributed by atoms with Crippen molar-refractivity contribution in [2.75, 3.05) is 0 Å². The van der Waals surface area contributed by atoms with E-state index in [0.717, 1.165) is 6.21 Å². The molecule has 0 fully saturated rings. The third-order valence-electron chi connectivity index (χ3n) is 3.58. The highest BCUT2D eigenvalue weighted by Gasteiger charge is 2.13. The summed E-state index contributed by atoms with van der Waals surface area (Å²) in [6.07, 6.45) is 1.05. The van der Waals surface area contributed by atoms with E-state index in [2.05, 4.69) is 15.5 Å². The SMILES string of the molecule is O=C(N/N=C\c1c(O)n(-c2cccc(Cl)c2)c(=S)[nH]c1=O)c1ccccc1. The molecule has 1 amide bonds. The Morgan fingerprint density at radius 2 is 1.96 bits per heavy atom. The molecule has 0 unspecified atom stereocenters. The van der Waals surface area contributed by atoms with Crippen LogP contribution in [0.15, 0.2) is 64.5 Å². The number of carbonyl (C=O) groups is 1. The normalized spacial score (nSPS) is 10.9. The van der Waals surface area contributed by atoms with Crippen LogP contribution in [0.4, 0.5) is 0 Å². The molecule has 0 bridgehead atoms. The molecule has 9 heteroatoms. The van der Waals surface area contributed by atoms with E-state index in [4.69, 9.17) is 23.8 Å². The third-order valence-corrected chi connectivity index (χ3v) is 4.10. The Balaban J connectivity index is 1.94. The van der Waals surface area contributed by atoms with Crippen LogP contribution < -0.4 is 11.0 Å². The van der Waals surface area contributed by atoms with Crippen LogP contribution in [0.1, 0.15) is 15.9 Å².